The van der Waals surface area contributed by atoms with Crippen molar-refractivity contribution in [3.8, 4) is 6.01 Å². The van der Waals surface area contributed by atoms with E-state index in [9.17, 15) is 4.79 Å². The molecule has 3 aromatic rings. The molecule has 1 saturated carbocycles. The minimum atomic E-state index is -0.234. The maximum atomic E-state index is 12.5. The van der Waals surface area contributed by atoms with Crippen LogP contribution in [0.4, 0.5) is 11.5 Å². The number of fused-ring (bicyclic) bond motifs is 2. The number of nitrogens with zero attached hydrogens (tertiary/aromatic N) is 6. The van der Waals surface area contributed by atoms with E-state index in [0.717, 1.165) is 42.9 Å². The Balaban J connectivity index is 1.32. The lowest BCUT2D eigenvalue weighted by atomic mass is 9.99. The number of ether oxygens (including phenoxy) is 2. The van der Waals surface area contributed by atoms with E-state index in [0.29, 0.717) is 44.9 Å². The highest BCUT2D eigenvalue weighted by atomic mass is 16.5. The maximum Gasteiger partial charge on any atom is 0.318 e. The lowest BCUT2D eigenvalue weighted by molar-refractivity contribution is -0.128. The fourth-order valence-electron chi connectivity index (χ4n) is 6.17. The number of carbonyl (C=O) groups excluding carboxylic acids is 1. The quantitative estimate of drug-likeness (QED) is 0.278. The van der Waals surface area contributed by atoms with E-state index >= 15 is 0 Å². The molecule has 6 rings (SSSR count). The largest absolute Gasteiger partial charge is 0.461 e. The summed E-state index contributed by atoms with van der Waals surface area (Å²) in [5, 5.41) is 2.50. The summed E-state index contributed by atoms with van der Waals surface area (Å²) in [6, 6.07) is 13.0. The second-order valence-corrected chi connectivity index (χ2v) is 11.5. The van der Waals surface area contributed by atoms with Crippen LogP contribution in [0, 0.1) is 13.5 Å². The van der Waals surface area contributed by atoms with Crippen molar-refractivity contribution in [1.82, 2.24) is 14.9 Å². The summed E-state index contributed by atoms with van der Waals surface area (Å²) in [6.07, 6.45) is 4.63. The molecule has 0 bridgehead atoms. The van der Waals surface area contributed by atoms with E-state index in [-0.39, 0.29) is 24.6 Å². The van der Waals surface area contributed by atoms with Gasteiger partial charge in [-0.1, -0.05) is 36.9 Å². The van der Waals surface area contributed by atoms with Gasteiger partial charge in [-0.3, -0.25) is 4.79 Å². The van der Waals surface area contributed by atoms with Crippen LogP contribution in [0.3, 0.4) is 0 Å². The number of benzene rings is 2. The maximum absolute atomic E-state index is 12.5. The lowest BCUT2D eigenvalue weighted by Crippen LogP contribution is -2.56. The Hall–Kier alpha value is -4.16. The third-order valence-electron chi connectivity index (χ3n) is 8.39. The first-order valence-electron chi connectivity index (χ1n) is 14.9. The Bertz CT molecular complexity index is 1520. The zero-order chi connectivity index (χ0) is 29.2. The van der Waals surface area contributed by atoms with Crippen LogP contribution in [-0.4, -0.2) is 78.4 Å². The molecule has 1 saturated heterocycles. The van der Waals surface area contributed by atoms with Crippen LogP contribution in [0.5, 0.6) is 6.01 Å². The molecule has 3 heterocycles. The van der Waals surface area contributed by atoms with Gasteiger partial charge in [0.15, 0.2) is 0 Å². The molecular weight excluding hydrogens is 528 g/mol. The summed E-state index contributed by atoms with van der Waals surface area (Å²) in [7, 11) is 0. The number of hydrogen-bond acceptors (Lipinski definition) is 7. The molecular formula is C33H38N6O3. The molecule has 1 aromatic heterocycles. The standard InChI is InChI=1S/C33H38N6O3/c1-5-30(40)39-17-16-38(19-25(39)18-34-4)32-27-14-15-37(29-11-7-10-24-9-6-8-22(2)31(24)29)20-28(27)35-33(36-32)41-21-23(3)42-26-12-13-26/h5-11,23,25-26H,1,12-21H2,2-3H3/t23-,25-/m0/s1. The van der Waals surface area contributed by atoms with Gasteiger partial charge in [0.2, 0.25) is 12.5 Å². The van der Waals surface area contributed by atoms with Crippen LogP contribution in [0.1, 0.15) is 36.6 Å². The molecule has 9 nitrogen and oxygen atoms in total. The first kappa shape index (κ1) is 28.0. The summed E-state index contributed by atoms with van der Waals surface area (Å²) in [5.74, 6) is 0.711. The fourth-order valence-corrected chi connectivity index (χ4v) is 6.17. The predicted molar refractivity (Wildman–Crippen MR) is 164 cm³/mol. The predicted octanol–water partition coefficient (Wildman–Crippen LogP) is 4.57. The van der Waals surface area contributed by atoms with Gasteiger partial charge < -0.3 is 29.0 Å². The number of anilines is 2. The molecule has 2 aliphatic heterocycles. The molecule has 3 aliphatic rings. The number of piperazine rings is 1. The molecule has 2 fully saturated rings. The normalized spacial score (nSPS) is 19.3. The summed E-state index contributed by atoms with van der Waals surface area (Å²) in [6.45, 7) is 19.1. The van der Waals surface area contributed by atoms with Crippen LogP contribution < -0.4 is 14.5 Å². The number of hydrogen-bond donors (Lipinski definition) is 0. The van der Waals surface area contributed by atoms with Crippen LogP contribution in [0.15, 0.2) is 49.1 Å². The first-order chi connectivity index (χ1) is 20.4. The number of rotatable bonds is 9. The molecule has 1 aliphatic carbocycles. The van der Waals surface area contributed by atoms with Crippen molar-refractivity contribution >= 4 is 28.2 Å². The molecule has 0 spiro atoms. The van der Waals surface area contributed by atoms with Gasteiger partial charge >= 0.3 is 6.01 Å². The van der Waals surface area contributed by atoms with E-state index in [1.54, 1.807) is 4.90 Å². The van der Waals surface area contributed by atoms with Crippen LogP contribution in [0.2, 0.25) is 0 Å². The third-order valence-corrected chi connectivity index (χ3v) is 8.39. The molecule has 42 heavy (non-hydrogen) atoms. The van der Waals surface area contributed by atoms with E-state index in [4.69, 9.17) is 26.0 Å². The number of carbonyl (C=O) groups is 1. The number of amides is 1. The lowest BCUT2D eigenvalue weighted by Gasteiger charge is -2.41. The zero-order valence-corrected chi connectivity index (χ0v) is 24.5. The average Bonchev–Trinajstić information content (AvgIpc) is 3.83. The van der Waals surface area contributed by atoms with E-state index in [1.807, 2.05) is 6.92 Å². The van der Waals surface area contributed by atoms with E-state index in [1.165, 1.54) is 28.1 Å². The molecule has 0 radical (unpaired) electrons. The van der Waals surface area contributed by atoms with Crippen molar-refractivity contribution in [2.75, 3.05) is 49.1 Å². The minimum absolute atomic E-state index is 0.0488. The summed E-state index contributed by atoms with van der Waals surface area (Å²) >= 11 is 0. The number of aromatic nitrogens is 2. The molecule has 0 N–H and O–H groups in total. The van der Waals surface area contributed by atoms with E-state index in [2.05, 4.69) is 64.5 Å². The topological polar surface area (TPSA) is 75.4 Å². The summed E-state index contributed by atoms with van der Waals surface area (Å²) in [4.78, 5) is 32.4. The third kappa shape index (κ3) is 5.77. The summed E-state index contributed by atoms with van der Waals surface area (Å²) in [5.41, 5.74) is 4.53. The monoisotopic (exact) mass is 566 g/mol. The molecule has 9 heteroatoms. The second kappa shape index (κ2) is 12.0. The Morgan fingerprint density at radius 1 is 1.17 bits per heavy atom. The highest BCUT2D eigenvalue weighted by Crippen LogP contribution is 2.36. The second-order valence-electron chi connectivity index (χ2n) is 11.5. The summed E-state index contributed by atoms with van der Waals surface area (Å²) < 4.78 is 12.1. The van der Waals surface area contributed by atoms with Crippen molar-refractivity contribution in [2.45, 2.75) is 57.9 Å². The first-order valence-corrected chi connectivity index (χ1v) is 14.9. The van der Waals surface area contributed by atoms with Gasteiger partial charge in [-0.05, 0) is 56.2 Å². The average molecular weight is 567 g/mol. The van der Waals surface area contributed by atoms with E-state index < -0.39 is 0 Å². The molecule has 1 amide bonds. The van der Waals surface area contributed by atoms with Gasteiger partial charge in [-0.15, -0.1) is 0 Å². The number of aryl methyl sites for hydroxylation is 1. The molecule has 0 unspecified atom stereocenters. The van der Waals surface area contributed by atoms with Crippen molar-refractivity contribution < 1.29 is 14.3 Å². The van der Waals surface area contributed by atoms with Crippen LogP contribution in [-0.2, 0) is 22.5 Å². The van der Waals surface area contributed by atoms with Crippen LogP contribution >= 0.6 is 0 Å². The minimum Gasteiger partial charge on any atom is -0.461 e. The highest BCUT2D eigenvalue weighted by Gasteiger charge is 2.35. The molecule has 2 aromatic carbocycles. The fraction of sp³-hybridized carbons (Fsp3) is 0.455. The van der Waals surface area contributed by atoms with Gasteiger partial charge in [-0.2, -0.15) is 9.97 Å². The van der Waals surface area contributed by atoms with Gasteiger partial charge in [0.1, 0.15) is 18.5 Å². The van der Waals surface area contributed by atoms with Crippen LogP contribution in [0.25, 0.3) is 15.6 Å². The van der Waals surface area contributed by atoms with Crippen molar-refractivity contribution in [3.05, 3.63) is 77.3 Å². The van der Waals surface area contributed by atoms with Crippen molar-refractivity contribution in [2.24, 2.45) is 0 Å². The Morgan fingerprint density at radius 3 is 2.74 bits per heavy atom. The molecule has 218 valence electrons. The van der Waals surface area contributed by atoms with Gasteiger partial charge in [-0.25, -0.2) is 6.57 Å². The Kier molecular flexibility index (Phi) is 7.98. The molecule has 2 atom stereocenters. The van der Waals surface area contributed by atoms with Gasteiger partial charge in [0.05, 0.1) is 24.4 Å². The van der Waals surface area contributed by atoms with Gasteiger partial charge in [0.25, 0.3) is 0 Å². The Morgan fingerprint density at radius 2 is 1.98 bits per heavy atom. The van der Waals surface area contributed by atoms with Crippen molar-refractivity contribution in [3.63, 3.8) is 0 Å². The highest BCUT2D eigenvalue weighted by molar-refractivity contribution is 5.97. The smallest absolute Gasteiger partial charge is 0.318 e. The Labute approximate surface area is 247 Å². The zero-order valence-electron chi connectivity index (χ0n) is 24.5. The van der Waals surface area contributed by atoms with Gasteiger partial charge in [0, 0.05) is 42.8 Å². The SMILES string of the molecule is [C-]#[N+]C[C@H]1CN(c2nc(OC[C@H](C)OC3CC3)nc3c2CCN(c2cccc4cccc(C)c24)C3)CCN1C(=O)C=C. The van der Waals surface area contributed by atoms with Crippen molar-refractivity contribution in [1.29, 1.82) is 0 Å².